The predicted molar refractivity (Wildman–Crippen MR) is 63.6 cm³/mol. The third-order valence-corrected chi connectivity index (χ3v) is 3.32. The van der Waals surface area contributed by atoms with Crippen molar-refractivity contribution < 1.29 is 19.1 Å². The number of hydrogen-bond donors (Lipinski definition) is 1. The molecular weight excluding hydrogens is 236 g/mol. The molecule has 2 rings (SSSR count). The molecule has 3 atom stereocenters. The van der Waals surface area contributed by atoms with Crippen LogP contribution in [0.4, 0.5) is 0 Å². The second-order valence-electron chi connectivity index (χ2n) is 4.53. The third kappa shape index (κ3) is 2.39. The molecule has 0 aromatic heterocycles. The fourth-order valence-electron chi connectivity index (χ4n) is 2.35. The molecule has 2 N–H and O–H groups in total. The zero-order chi connectivity index (χ0) is 13.1. The van der Waals surface area contributed by atoms with Crippen molar-refractivity contribution >= 4 is 11.9 Å². The molecular formula is C12H18N2O4. The lowest BCUT2D eigenvalue weighted by Crippen LogP contribution is -2.61. The zero-order valence-corrected chi connectivity index (χ0v) is 10.4. The summed E-state index contributed by atoms with van der Waals surface area (Å²) in [7, 11) is 1.31. The van der Waals surface area contributed by atoms with E-state index >= 15 is 0 Å². The normalized spacial score (nSPS) is 32.4. The van der Waals surface area contributed by atoms with E-state index in [2.05, 4.69) is 0 Å². The van der Waals surface area contributed by atoms with E-state index in [1.807, 2.05) is 12.2 Å². The zero-order valence-electron chi connectivity index (χ0n) is 10.4. The summed E-state index contributed by atoms with van der Waals surface area (Å²) in [6, 6.07) is -1.42. The van der Waals surface area contributed by atoms with Crippen molar-refractivity contribution in [1.29, 1.82) is 0 Å². The molecule has 0 spiro atoms. The molecule has 6 heteroatoms. The van der Waals surface area contributed by atoms with E-state index < -0.39 is 18.1 Å². The standard InChI is InChI=1S/C12H18N2O4/c1-17-12(16)10-7-18-6-8-4-2-3-5-9(13)11(15)14(8)10/h2-3,8-10H,4-7,13H2,1H3/t8-,9-,10-/m0/s1. The Labute approximate surface area is 106 Å². The Morgan fingerprint density at radius 3 is 2.89 bits per heavy atom. The van der Waals surface area contributed by atoms with Crippen molar-refractivity contribution in [1.82, 2.24) is 4.90 Å². The molecule has 2 aliphatic rings. The minimum atomic E-state index is -0.682. The second-order valence-corrected chi connectivity index (χ2v) is 4.53. The molecule has 0 bridgehead atoms. The highest BCUT2D eigenvalue weighted by atomic mass is 16.5. The molecule has 2 heterocycles. The fraction of sp³-hybridized carbons (Fsp3) is 0.667. The number of nitrogens with zero attached hydrogens (tertiary/aromatic N) is 1. The van der Waals surface area contributed by atoms with Gasteiger partial charge in [-0.1, -0.05) is 12.2 Å². The largest absolute Gasteiger partial charge is 0.467 e. The van der Waals surface area contributed by atoms with Crippen LogP contribution in [0.1, 0.15) is 12.8 Å². The van der Waals surface area contributed by atoms with Crippen LogP contribution < -0.4 is 5.73 Å². The summed E-state index contributed by atoms with van der Waals surface area (Å²) in [6.07, 6.45) is 5.05. The van der Waals surface area contributed by atoms with Crippen molar-refractivity contribution in [2.75, 3.05) is 20.3 Å². The highest BCUT2D eigenvalue weighted by Crippen LogP contribution is 2.21. The molecule has 0 radical (unpaired) electrons. The quantitative estimate of drug-likeness (QED) is 0.500. The van der Waals surface area contributed by atoms with Gasteiger partial charge < -0.3 is 20.1 Å². The Morgan fingerprint density at radius 2 is 2.17 bits per heavy atom. The minimum Gasteiger partial charge on any atom is -0.467 e. The smallest absolute Gasteiger partial charge is 0.331 e. The first-order valence-electron chi connectivity index (χ1n) is 6.03. The Kier molecular flexibility index (Phi) is 3.98. The number of esters is 1. The van der Waals surface area contributed by atoms with Gasteiger partial charge in [-0.15, -0.1) is 0 Å². The molecule has 1 amide bonds. The summed E-state index contributed by atoms with van der Waals surface area (Å²) in [5, 5.41) is 0. The van der Waals surface area contributed by atoms with Crippen LogP contribution in [-0.2, 0) is 19.1 Å². The molecule has 0 aromatic rings. The molecule has 0 unspecified atom stereocenters. The maximum absolute atomic E-state index is 12.3. The molecule has 100 valence electrons. The lowest BCUT2D eigenvalue weighted by atomic mass is 10.0. The molecule has 18 heavy (non-hydrogen) atoms. The number of ether oxygens (including phenoxy) is 2. The van der Waals surface area contributed by atoms with Gasteiger partial charge in [-0.25, -0.2) is 4.79 Å². The van der Waals surface area contributed by atoms with Crippen LogP contribution >= 0.6 is 0 Å². The fourth-order valence-corrected chi connectivity index (χ4v) is 2.35. The maximum Gasteiger partial charge on any atom is 0.331 e. The lowest BCUT2D eigenvalue weighted by molar-refractivity contribution is -0.166. The summed E-state index contributed by atoms with van der Waals surface area (Å²) in [4.78, 5) is 25.5. The average Bonchev–Trinajstić information content (AvgIpc) is 2.39. The summed E-state index contributed by atoms with van der Waals surface area (Å²) < 4.78 is 10.1. The van der Waals surface area contributed by atoms with E-state index in [4.69, 9.17) is 15.2 Å². The average molecular weight is 254 g/mol. The molecule has 1 saturated heterocycles. The van der Waals surface area contributed by atoms with Gasteiger partial charge in [-0.05, 0) is 12.8 Å². The Morgan fingerprint density at radius 1 is 1.44 bits per heavy atom. The van der Waals surface area contributed by atoms with E-state index in [1.54, 1.807) is 4.90 Å². The first-order chi connectivity index (χ1) is 8.65. The van der Waals surface area contributed by atoms with E-state index in [-0.39, 0.29) is 18.6 Å². The molecule has 1 fully saturated rings. The van der Waals surface area contributed by atoms with E-state index in [0.717, 1.165) is 0 Å². The van der Waals surface area contributed by atoms with Gasteiger partial charge >= 0.3 is 5.97 Å². The number of carbonyl (C=O) groups is 2. The van der Waals surface area contributed by atoms with Gasteiger partial charge in [-0.2, -0.15) is 0 Å². The van der Waals surface area contributed by atoms with Crippen molar-refractivity contribution in [3.05, 3.63) is 12.2 Å². The maximum atomic E-state index is 12.3. The second kappa shape index (κ2) is 5.49. The number of fused-ring (bicyclic) bond motifs is 1. The van der Waals surface area contributed by atoms with E-state index in [0.29, 0.717) is 19.4 Å². The molecule has 0 aromatic carbocycles. The van der Waals surface area contributed by atoms with Gasteiger partial charge in [0.05, 0.1) is 32.4 Å². The number of morpholine rings is 1. The van der Waals surface area contributed by atoms with Crippen LogP contribution in [0.25, 0.3) is 0 Å². The van der Waals surface area contributed by atoms with Crippen LogP contribution in [0.5, 0.6) is 0 Å². The monoisotopic (exact) mass is 254 g/mol. The van der Waals surface area contributed by atoms with Crippen LogP contribution in [-0.4, -0.2) is 55.2 Å². The van der Waals surface area contributed by atoms with E-state index in [9.17, 15) is 9.59 Å². The molecule has 2 aliphatic heterocycles. The first-order valence-corrected chi connectivity index (χ1v) is 6.03. The van der Waals surface area contributed by atoms with Crippen molar-refractivity contribution in [2.45, 2.75) is 31.0 Å². The highest BCUT2D eigenvalue weighted by molar-refractivity contribution is 5.88. The minimum absolute atomic E-state index is 0.141. The molecule has 0 aliphatic carbocycles. The van der Waals surface area contributed by atoms with Crippen LogP contribution in [0.15, 0.2) is 12.2 Å². The van der Waals surface area contributed by atoms with Crippen molar-refractivity contribution in [2.24, 2.45) is 5.73 Å². The Balaban J connectivity index is 2.27. The highest BCUT2D eigenvalue weighted by Gasteiger charge is 2.41. The Hall–Kier alpha value is -1.40. The lowest BCUT2D eigenvalue weighted by Gasteiger charge is -2.41. The van der Waals surface area contributed by atoms with Crippen molar-refractivity contribution in [3.63, 3.8) is 0 Å². The number of nitrogens with two attached hydrogens (primary N) is 1. The summed E-state index contributed by atoms with van der Waals surface area (Å²) in [5.41, 5.74) is 5.82. The Bertz CT molecular complexity index is 369. The number of hydrogen-bond acceptors (Lipinski definition) is 5. The number of amides is 1. The van der Waals surface area contributed by atoms with Gasteiger partial charge in [0.15, 0.2) is 6.04 Å². The number of carbonyl (C=O) groups excluding carboxylic acids is 2. The number of methoxy groups -OCH3 is 1. The van der Waals surface area contributed by atoms with Gasteiger partial charge in [0.25, 0.3) is 0 Å². The summed E-state index contributed by atoms with van der Waals surface area (Å²) in [5.74, 6) is -0.659. The van der Waals surface area contributed by atoms with E-state index in [1.165, 1.54) is 7.11 Å². The number of rotatable bonds is 1. The predicted octanol–water partition coefficient (Wildman–Crippen LogP) is -0.567. The third-order valence-electron chi connectivity index (χ3n) is 3.32. The summed E-state index contributed by atoms with van der Waals surface area (Å²) in [6.45, 7) is 0.599. The van der Waals surface area contributed by atoms with Crippen LogP contribution in [0.3, 0.4) is 0 Å². The van der Waals surface area contributed by atoms with Gasteiger partial charge in [-0.3, -0.25) is 4.79 Å². The van der Waals surface area contributed by atoms with Crippen molar-refractivity contribution in [3.8, 4) is 0 Å². The molecule has 0 saturated carbocycles. The van der Waals surface area contributed by atoms with Gasteiger partial charge in [0.1, 0.15) is 0 Å². The summed E-state index contributed by atoms with van der Waals surface area (Å²) >= 11 is 0. The van der Waals surface area contributed by atoms with Crippen LogP contribution in [0.2, 0.25) is 0 Å². The molecule has 6 nitrogen and oxygen atoms in total. The van der Waals surface area contributed by atoms with Gasteiger partial charge in [0, 0.05) is 0 Å². The van der Waals surface area contributed by atoms with Gasteiger partial charge in [0.2, 0.25) is 5.91 Å². The SMILES string of the molecule is COC(=O)[C@@H]1COC[C@@H]2CC=CC[C@H](N)C(=O)N21. The first kappa shape index (κ1) is 13.0. The van der Waals surface area contributed by atoms with Crippen LogP contribution in [0, 0.1) is 0 Å². The topological polar surface area (TPSA) is 81.9 Å².